The number of halogens is 1. The fourth-order valence-electron chi connectivity index (χ4n) is 3.29. The lowest BCUT2D eigenvalue weighted by Crippen LogP contribution is -2.50. The molecule has 1 aliphatic heterocycles. The topological polar surface area (TPSA) is 40.6 Å². The summed E-state index contributed by atoms with van der Waals surface area (Å²) < 4.78 is 13.0. The quantitative estimate of drug-likeness (QED) is 0.826. The van der Waals surface area contributed by atoms with Crippen molar-refractivity contribution in [3.05, 3.63) is 70.5 Å². The lowest BCUT2D eigenvalue weighted by atomic mass is 9.97. The Hall–Kier alpha value is -2.69. The molecule has 0 aliphatic carbocycles. The fraction of sp³-hybridized carbons (Fsp3) is 0.364. The summed E-state index contributed by atoms with van der Waals surface area (Å²) in [6.07, 6.45) is 0. The summed E-state index contributed by atoms with van der Waals surface area (Å²) in [4.78, 5) is 29.0. The second-order valence-electron chi connectivity index (χ2n) is 7.32. The van der Waals surface area contributed by atoms with Crippen molar-refractivity contribution in [2.24, 2.45) is 0 Å². The van der Waals surface area contributed by atoms with Crippen LogP contribution < -0.4 is 0 Å². The number of aryl methyl sites for hydroxylation is 1. The molecule has 142 valence electrons. The van der Waals surface area contributed by atoms with Gasteiger partial charge in [0.2, 0.25) is 0 Å². The average molecular weight is 368 g/mol. The summed E-state index contributed by atoms with van der Waals surface area (Å²) in [6.45, 7) is 8.12. The molecular formula is C22H25FN2O2. The van der Waals surface area contributed by atoms with Crippen molar-refractivity contribution in [1.82, 2.24) is 9.80 Å². The number of hydrogen-bond donors (Lipinski definition) is 0. The second kappa shape index (κ2) is 7.91. The molecule has 2 amide bonds. The van der Waals surface area contributed by atoms with Gasteiger partial charge in [-0.25, -0.2) is 4.39 Å². The molecule has 1 fully saturated rings. The Morgan fingerprint density at radius 1 is 0.889 bits per heavy atom. The van der Waals surface area contributed by atoms with Gasteiger partial charge in [-0.15, -0.1) is 0 Å². The SMILES string of the molecule is Cc1ccc(C(C)C)cc1C(=O)N1CCN(C(=O)c2ccc(F)cc2)CC1. The van der Waals surface area contributed by atoms with Gasteiger partial charge in [-0.1, -0.05) is 26.0 Å². The Morgan fingerprint density at radius 3 is 2.00 bits per heavy atom. The first kappa shape index (κ1) is 19.1. The van der Waals surface area contributed by atoms with Crippen LogP contribution in [0.25, 0.3) is 0 Å². The predicted octanol–water partition coefficient (Wildman–Crippen LogP) is 3.86. The maximum Gasteiger partial charge on any atom is 0.254 e. The van der Waals surface area contributed by atoms with Gasteiger partial charge in [-0.05, 0) is 54.3 Å². The minimum Gasteiger partial charge on any atom is -0.335 e. The summed E-state index contributed by atoms with van der Waals surface area (Å²) in [6, 6.07) is 11.6. The minimum absolute atomic E-state index is 0.0175. The number of piperazine rings is 1. The second-order valence-corrected chi connectivity index (χ2v) is 7.32. The van der Waals surface area contributed by atoms with E-state index in [2.05, 4.69) is 19.9 Å². The van der Waals surface area contributed by atoms with E-state index in [-0.39, 0.29) is 17.6 Å². The molecule has 4 nitrogen and oxygen atoms in total. The van der Waals surface area contributed by atoms with Crippen LogP contribution in [0.2, 0.25) is 0 Å². The molecule has 1 heterocycles. The van der Waals surface area contributed by atoms with Gasteiger partial charge in [0.1, 0.15) is 5.82 Å². The number of rotatable bonds is 3. The van der Waals surface area contributed by atoms with E-state index in [1.807, 2.05) is 19.1 Å². The Labute approximate surface area is 159 Å². The number of benzene rings is 2. The third-order valence-electron chi connectivity index (χ3n) is 5.10. The number of nitrogens with zero attached hydrogens (tertiary/aromatic N) is 2. The molecule has 0 atom stereocenters. The van der Waals surface area contributed by atoms with Crippen LogP contribution in [0.15, 0.2) is 42.5 Å². The Bertz CT molecular complexity index is 838. The summed E-state index contributed by atoms with van der Waals surface area (Å²) in [5, 5.41) is 0. The van der Waals surface area contributed by atoms with Crippen LogP contribution in [-0.4, -0.2) is 47.8 Å². The highest BCUT2D eigenvalue weighted by Gasteiger charge is 2.26. The predicted molar refractivity (Wildman–Crippen MR) is 103 cm³/mol. The summed E-state index contributed by atoms with van der Waals surface area (Å²) in [7, 11) is 0. The molecule has 0 bridgehead atoms. The Morgan fingerprint density at radius 2 is 1.44 bits per heavy atom. The molecule has 3 rings (SSSR count). The largest absolute Gasteiger partial charge is 0.335 e. The minimum atomic E-state index is -0.360. The molecule has 27 heavy (non-hydrogen) atoms. The molecule has 0 unspecified atom stereocenters. The summed E-state index contributed by atoms with van der Waals surface area (Å²) in [5.74, 6) is -0.104. The number of carbonyl (C=O) groups excluding carboxylic acids is 2. The van der Waals surface area contributed by atoms with E-state index in [4.69, 9.17) is 0 Å². The summed E-state index contributed by atoms with van der Waals surface area (Å²) in [5.41, 5.74) is 3.32. The molecule has 0 saturated carbocycles. The van der Waals surface area contributed by atoms with Gasteiger partial charge in [-0.3, -0.25) is 9.59 Å². The van der Waals surface area contributed by atoms with Gasteiger partial charge in [0.25, 0.3) is 11.8 Å². The smallest absolute Gasteiger partial charge is 0.254 e. The molecule has 1 aliphatic rings. The molecule has 0 spiro atoms. The number of hydrogen-bond acceptors (Lipinski definition) is 2. The van der Waals surface area contributed by atoms with Crippen LogP contribution in [0.4, 0.5) is 4.39 Å². The molecule has 5 heteroatoms. The van der Waals surface area contributed by atoms with Crippen LogP contribution in [0, 0.1) is 12.7 Å². The number of carbonyl (C=O) groups is 2. The molecule has 0 N–H and O–H groups in total. The zero-order valence-electron chi connectivity index (χ0n) is 16.0. The van der Waals surface area contributed by atoms with Gasteiger partial charge in [0.05, 0.1) is 0 Å². The van der Waals surface area contributed by atoms with Gasteiger partial charge in [0, 0.05) is 37.3 Å². The van der Waals surface area contributed by atoms with Crippen molar-refractivity contribution in [1.29, 1.82) is 0 Å². The van der Waals surface area contributed by atoms with Crippen molar-refractivity contribution in [2.45, 2.75) is 26.7 Å². The van der Waals surface area contributed by atoms with Crippen molar-refractivity contribution in [3.63, 3.8) is 0 Å². The molecular weight excluding hydrogens is 343 g/mol. The van der Waals surface area contributed by atoms with E-state index in [1.54, 1.807) is 9.80 Å². The third kappa shape index (κ3) is 4.18. The van der Waals surface area contributed by atoms with E-state index < -0.39 is 0 Å². The first-order chi connectivity index (χ1) is 12.9. The molecule has 1 saturated heterocycles. The zero-order chi connectivity index (χ0) is 19.6. The van der Waals surface area contributed by atoms with E-state index in [0.717, 1.165) is 16.7 Å². The lowest BCUT2D eigenvalue weighted by Gasteiger charge is -2.35. The first-order valence-electron chi connectivity index (χ1n) is 9.31. The molecule has 0 aromatic heterocycles. The average Bonchev–Trinajstić information content (AvgIpc) is 2.68. The van der Waals surface area contributed by atoms with Gasteiger partial charge in [-0.2, -0.15) is 0 Å². The van der Waals surface area contributed by atoms with Crippen LogP contribution in [0.3, 0.4) is 0 Å². The van der Waals surface area contributed by atoms with Gasteiger partial charge >= 0.3 is 0 Å². The van der Waals surface area contributed by atoms with Crippen molar-refractivity contribution in [3.8, 4) is 0 Å². The maximum atomic E-state index is 13.0. The van der Waals surface area contributed by atoms with Crippen molar-refractivity contribution < 1.29 is 14.0 Å². The monoisotopic (exact) mass is 368 g/mol. The Balaban J connectivity index is 1.67. The highest BCUT2D eigenvalue weighted by Crippen LogP contribution is 2.21. The van der Waals surface area contributed by atoms with Crippen molar-refractivity contribution in [2.75, 3.05) is 26.2 Å². The van der Waals surface area contributed by atoms with E-state index in [0.29, 0.717) is 37.7 Å². The molecule has 2 aromatic carbocycles. The Kier molecular flexibility index (Phi) is 5.59. The standard InChI is InChI=1S/C22H25FN2O2/c1-15(2)18-5-4-16(3)20(14-18)22(27)25-12-10-24(11-13-25)21(26)17-6-8-19(23)9-7-17/h4-9,14-15H,10-13H2,1-3H3. The van der Waals surface area contributed by atoms with Gasteiger partial charge < -0.3 is 9.80 Å². The molecule has 0 radical (unpaired) electrons. The van der Waals surface area contributed by atoms with E-state index >= 15 is 0 Å². The molecule has 2 aromatic rings. The lowest BCUT2D eigenvalue weighted by molar-refractivity contribution is 0.0535. The maximum absolute atomic E-state index is 13.0. The fourth-order valence-corrected chi connectivity index (χ4v) is 3.29. The van der Waals surface area contributed by atoms with E-state index in [1.165, 1.54) is 24.3 Å². The summed E-state index contributed by atoms with van der Waals surface area (Å²) >= 11 is 0. The number of amides is 2. The third-order valence-corrected chi connectivity index (χ3v) is 5.10. The van der Waals surface area contributed by atoms with Crippen LogP contribution in [0.5, 0.6) is 0 Å². The van der Waals surface area contributed by atoms with Crippen LogP contribution in [0.1, 0.15) is 51.6 Å². The van der Waals surface area contributed by atoms with Gasteiger partial charge in [0.15, 0.2) is 0 Å². The first-order valence-corrected chi connectivity index (χ1v) is 9.31. The normalized spacial score (nSPS) is 14.6. The van der Waals surface area contributed by atoms with E-state index in [9.17, 15) is 14.0 Å². The highest BCUT2D eigenvalue weighted by molar-refractivity contribution is 5.97. The zero-order valence-corrected chi connectivity index (χ0v) is 16.0. The highest BCUT2D eigenvalue weighted by atomic mass is 19.1. The van der Waals surface area contributed by atoms with Crippen LogP contribution in [-0.2, 0) is 0 Å². The van der Waals surface area contributed by atoms with Crippen LogP contribution >= 0.6 is 0 Å². The van der Waals surface area contributed by atoms with Crippen molar-refractivity contribution >= 4 is 11.8 Å².